The minimum absolute atomic E-state index is 0.318. The molecule has 0 radical (unpaired) electrons. The Morgan fingerprint density at radius 1 is 1.44 bits per heavy atom. The molecule has 1 atom stereocenters. The fourth-order valence-electron chi connectivity index (χ4n) is 2.52. The SMILES string of the molecule is COc1cccc(CCC2(C#N)CCCCN2)c1. The number of ether oxygens (including phenoxy) is 1. The van der Waals surface area contributed by atoms with Crippen molar-refractivity contribution in [3.63, 3.8) is 0 Å². The van der Waals surface area contributed by atoms with Gasteiger partial charge in [-0.3, -0.25) is 5.32 Å². The first kappa shape index (κ1) is 12.9. The van der Waals surface area contributed by atoms with Crippen LogP contribution in [0.4, 0.5) is 0 Å². The van der Waals surface area contributed by atoms with Gasteiger partial charge in [-0.1, -0.05) is 12.1 Å². The van der Waals surface area contributed by atoms with Gasteiger partial charge in [0, 0.05) is 0 Å². The van der Waals surface area contributed by atoms with Gasteiger partial charge in [0.25, 0.3) is 0 Å². The van der Waals surface area contributed by atoms with E-state index in [-0.39, 0.29) is 5.54 Å². The second-order valence-electron chi connectivity index (χ2n) is 4.93. The van der Waals surface area contributed by atoms with Crippen LogP contribution in [0.2, 0.25) is 0 Å². The number of rotatable bonds is 4. The van der Waals surface area contributed by atoms with Gasteiger partial charge in [-0.2, -0.15) is 5.26 Å². The van der Waals surface area contributed by atoms with Gasteiger partial charge in [0.05, 0.1) is 13.2 Å². The highest BCUT2D eigenvalue weighted by Crippen LogP contribution is 2.25. The molecule has 18 heavy (non-hydrogen) atoms. The molecule has 0 spiro atoms. The van der Waals surface area contributed by atoms with Gasteiger partial charge in [-0.05, 0) is 56.3 Å². The Labute approximate surface area is 109 Å². The second-order valence-corrected chi connectivity index (χ2v) is 4.93. The molecule has 1 fully saturated rings. The van der Waals surface area contributed by atoms with Gasteiger partial charge in [0.1, 0.15) is 11.3 Å². The normalized spacial score (nSPS) is 23.3. The van der Waals surface area contributed by atoms with Gasteiger partial charge >= 0.3 is 0 Å². The molecule has 1 aliphatic heterocycles. The predicted molar refractivity (Wildman–Crippen MR) is 71.5 cm³/mol. The summed E-state index contributed by atoms with van der Waals surface area (Å²) in [5.74, 6) is 0.884. The van der Waals surface area contributed by atoms with Crippen molar-refractivity contribution in [3.05, 3.63) is 29.8 Å². The van der Waals surface area contributed by atoms with E-state index in [1.54, 1.807) is 7.11 Å². The number of nitriles is 1. The summed E-state index contributed by atoms with van der Waals surface area (Å²) in [4.78, 5) is 0. The average molecular weight is 244 g/mol. The van der Waals surface area contributed by atoms with Crippen LogP contribution in [-0.4, -0.2) is 19.2 Å². The first-order valence-electron chi connectivity index (χ1n) is 6.57. The Morgan fingerprint density at radius 3 is 3.00 bits per heavy atom. The van der Waals surface area contributed by atoms with E-state index < -0.39 is 0 Å². The summed E-state index contributed by atoms with van der Waals surface area (Å²) < 4.78 is 5.22. The zero-order valence-corrected chi connectivity index (χ0v) is 10.9. The van der Waals surface area contributed by atoms with Crippen LogP contribution in [0.25, 0.3) is 0 Å². The van der Waals surface area contributed by atoms with Crippen molar-refractivity contribution >= 4 is 0 Å². The fraction of sp³-hybridized carbons (Fsp3) is 0.533. The van der Waals surface area contributed by atoms with E-state index in [1.165, 1.54) is 12.0 Å². The maximum Gasteiger partial charge on any atom is 0.119 e. The van der Waals surface area contributed by atoms with Gasteiger partial charge in [-0.25, -0.2) is 0 Å². The molecule has 1 aromatic rings. The lowest BCUT2D eigenvalue weighted by molar-refractivity contribution is 0.305. The largest absolute Gasteiger partial charge is 0.497 e. The number of nitrogens with one attached hydrogen (secondary N) is 1. The summed E-state index contributed by atoms with van der Waals surface area (Å²) in [6.07, 6.45) is 5.09. The summed E-state index contributed by atoms with van der Waals surface area (Å²) in [7, 11) is 1.68. The minimum atomic E-state index is -0.318. The summed E-state index contributed by atoms with van der Waals surface area (Å²) in [5, 5.41) is 12.8. The molecule has 0 aromatic heterocycles. The van der Waals surface area contributed by atoms with E-state index in [0.717, 1.165) is 38.0 Å². The van der Waals surface area contributed by atoms with E-state index in [0.29, 0.717) is 0 Å². The molecule has 3 heteroatoms. The number of methoxy groups -OCH3 is 1. The molecule has 96 valence electrons. The smallest absolute Gasteiger partial charge is 0.119 e. The average Bonchev–Trinajstić information content (AvgIpc) is 2.46. The van der Waals surface area contributed by atoms with E-state index in [9.17, 15) is 5.26 Å². The van der Waals surface area contributed by atoms with Crippen molar-refractivity contribution in [2.24, 2.45) is 0 Å². The monoisotopic (exact) mass is 244 g/mol. The molecule has 0 bridgehead atoms. The van der Waals surface area contributed by atoms with E-state index in [1.807, 2.05) is 18.2 Å². The fourth-order valence-corrected chi connectivity index (χ4v) is 2.52. The first-order valence-corrected chi connectivity index (χ1v) is 6.57. The van der Waals surface area contributed by atoms with Gasteiger partial charge in [0.15, 0.2) is 0 Å². The standard InChI is InChI=1S/C15H20N2O/c1-18-14-6-4-5-13(11-14)7-9-15(12-16)8-2-3-10-17-15/h4-6,11,17H,2-3,7-10H2,1H3. The van der Waals surface area contributed by atoms with Crippen molar-refractivity contribution < 1.29 is 4.74 Å². The zero-order valence-electron chi connectivity index (χ0n) is 10.9. The van der Waals surface area contributed by atoms with Crippen LogP contribution in [-0.2, 0) is 6.42 Å². The maximum atomic E-state index is 9.38. The topological polar surface area (TPSA) is 45.0 Å². The van der Waals surface area contributed by atoms with Gasteiger partial charge in [0.2, 0.25) is 0 Å². The van der Waals surface area contributed by atoms with Crippen molar-refractivity contribution in [1.29, 1.82) is 5.26 Å². The van der Waals surface area contributed by atoms with Crippen molar-refractivity contribution in [1.82, 2.24) is 5.32 Å². The Bertz CT molecular complexity index is 430. The third-order valence-corrected chi connectivity index (χ3v) is 3.68. The number of aryl methyl sites for hydroxylation is 1. The molecule has 1 saturated heterocycles. The third kappa shape index (κ3) is 3.02. The van der Waals surface area contributed by atoms with Crippen LogP contribution in [0.5, 0.6) is 5.75 Å². The first-order chi connectivity index (χ1) is 8.78. The van der Waals surface area contributed by atoms with E-state index >= 15 is 0 Å². The minimum Gasteiger partial charge on any atom is -0.497 e. The van der Waals surface area contributed by atoms with Crippen molar-refractivity contribution in [2.75, 3.05) is 13.7 Å². The number of piperidine rings is 1. The summed E-state index contributed by atoms with van der Waals surface area (Å²) >= 11 is 0. The molecule has 0 saturated carbocycles. The van der Waals surface area contributed by atoms with Crippen molar-refractivity contribution in [3.8, 4) is 11.8 Å². The Kier molecular flexibility index (Phi) is 4.22. The molecule has 1 N–H and O–H groups in total. The van der Waals surface area contributed by atoms with Gasteiger partial charge in [-0.15, -0.1) is 0 Å². The number of nitrogens with zero attached hydrogens (tertiary/aromatic N) is 1. The number of hydrogen-bond acceptors (Lipinski definition) is 3. The highest BCUT2D eigenvalue weighted by molar-refractivity contribution is 5.29. The molecule has 3 nitrogen and oxygen atoms in total. The molecule has 0 amide bonds. The maximum absolute atomic E-state index is 9.38. The van der Waals surface area contributed by atoms with Crippen LogP contribution in [0.1, 0.15) is 31.2 Å². The van der Waals surface area contributed by atoms with Crippen molar-refractivity contribution in [2.45, 2.75) is 37.6 Å². The molecule has 1 heterocycles. The molecular weight excluding hydrogens is 224 g/mol. The second kappa shape index (κ2) is 5.88. The molecule has 2 rings (SSSR count). The van der Waals surface area contributed by atoms with Crippen LogP contribution in [0.3, 0.4) is 0 Å². The Hall–Kier alpha value is -1.53. The number of benzene rings is 1. The predicted octanol–water partition coefficient (Wildman–Crippen LogP) is 2.66. The quantitative estimate of drug-likeness (QED) is 0.885. The zero-order chi connectivity index (χ0) is 12.8. The highest BCUT2D eigenvalue weighted by Gasteiger charge is 2.30. The molecule has 1 unspecified atom stereocenters. The summed E-state index contributed by atoms with van der Waals surface area (Å²) in [6, 6.07) is 10.6. The Morgan fingerprint density at radius 2 is 2.33 bits per heavy atom. The molecule has 1 aromatic carbocycles. The molecular formula is C15H20N2O. The van der Waals surface area contributed by atoms with E-state index in [4.69, 9.17) is 4.74 Å². The lowest BCUT2D eigenvalue weighted by atomic mass is 9.85. The molecule has 1 aliphatic rings. The van der Waals surface area contributed by atoms with Crippen LogP contribution in [0.15, 0.2) is 24.3 Å². The Balaban J connectivity index is 1.99. The van der Waals surface area contributed by atoms with Crippen LogP contribution < -0.4 is 10.1 Å². The lowest BCUT2D eigenvalue weighted by Gasteiger charge is -2.32. The third-order valence-electron chi connectivity index (χ3n) is 3.68. The van der Waals surface area contributed by atoms with Gasteiger partial charge < -0.3 is 4.74 Å². The molecule has 0 aliphatic carbocycles. The lowest BCUT2D eigenvalue weighted by Crippen LogP contribution is -2.47. The summed E-state index contributed by atoms with van der Waals surface area (Å²) in [5.41, 5.74) is 0.915. The van der Waals surface area contributed by atoms with E-state index in [2.05, 4.69) is 17.5 Å². The van der Waals surface area contributed by atoms with Crippen LogP contribution in [0, 0.1) is 11.3 Å². The summed E-state index contributed by atoms with van der Waals surface area (Å²) in [6.45, 7) is 0.964. The number of hydrogen-bond donors (Lipinski definition) is 1. The highest BCUT2D eigenvalue weighted by atomic mass is 16.5. The van der Waals surface area contributed by atoms with Crippen LogP contribution >= 0.6 is 0 Å².